The Labute approximate surface area is 290 Å². The van der Waals surface area contributed by atoms with E-state index < -0.39 is 52.2 Å². The quantitative estimate of drug-likeness (QED) is 0.212. The molecule has 2 aromatic carbocycles. The molecule has 0 spiro atoms. The molecule has 258 valence electrons. The Balaban J connectivity index is 1.50. The van der Waals surface area contributed by atoms with Crippen molar-refractivity contribution < 1.29 is 29.0 Å². The van der Waals surface area contributed by atoms with Crippen molar-refractivity contribution in [1.29, 1.82) is 0 Å². The predicted octanol–water partition coefficient (Wildman–Crippen LogP) is 3.14. The lowest BCUT2D eigenvalue weighted by atomic mass is 9.96. The molecule has 2 heterocycles. The van der Waals surface area contributed by atoms with Gasteiger partial charge in [0.15, 0.2) is 12.7 Å². The van der Waals surface area contributed by atoms with Gasteiger partial charge in [-0.05, 0) is 65.0 Å². The molecule has 0 radical (unpaired) electrons. The highest BCUT2D eigenvalue weighted by atomic mass is 32.2. The summed E-state index contributed by atoms with van der Waals surface area (Å²) >= 11 is 2.81. The number of fused-ring (bicyclic) bond motifs is 1. The summed E-state index contributed by atoms with van der Waals surface area (Å²) in [6.45, 7) is 9.06. The maximum Gasteiger partial charge on any atom is 0.258 e. The van der Waals surface area contributed by atoms with E-state index in [1.54, 1.807) is 24.5 Å². The number of amides is 4. The second kappa shape index (κ2) is 16.1. The second-order valence-electron chi connectivity index (χ2n) is 13.3. The van der Waals surface area contributed by atoms with Gasteiger partial charge in [-0.25, -0.2) is 0 Å². The molecular formula is C35H45N5O6S2. The van der Waals surface area contributed by atoms with Crippen LogP contribution in [0, 0.1) is 0 Å². The average molecular weight is 696 g/mol. The SMILES string of the molecule is CSC[C@H](NC(=O)COc1cccc2cnccc12)C(=O)N[C@@H](Cc1ccccc1)C(O)C(=O)N1CSC(C)(C)[C@H]1C(=O)NC(C)(C)C. The van der Waals surface area contributed by atoms with Gasteiger partial charge < -0.3 is 30.7 Å². The van der Waals surface area contributed by atoms with Crippen LogP contribution in [0.1, 0.15) is 40.2 Å². The van der Waals surface area contributed by atoms with E-state index in [1.165, 1.54) is 28.4 Å². The molecule has 4 amide bonds. The molecule has 0 bridgehead atoms. The fourth-order valence-corrected chi connectivity index (χ4v) is 7.24. The van der Waals surface area contributed by atoms with Crippen LogP contribution in [0.2, 0.25) is 0 Å². The van der Waals surface area contributed by atoms with Crippen LogP contribution in [-0.4, -0.2) is 97.6 Å². The van der Waals surface area contributed by atoms with Crippen LogP contribution in [-0.2, 0) is 25.6 Å². The van der Waals surface area contributed by atoms with Crippen molar-refractivity contribution in [2.24, 2.45) is 0 Å². The molecule has 11 nitrogen and oxygen atoms in total. The summed E-state index contributed by atoms with van der Waals surface area (Å²) in [5, 5.41) is 21.8. The van der Waals surface area contributed by atoms with Gasteiger partial charge in [0, 0.05) is 39.2 Å². The number of nitrogens with one attached hydrogen (secondary N) is 3. The lowest BCUT2D eigenvalue weighted by molar-refractivity contribution is -0.148. The van der Waals surface area contributed by atoms with Gasteiger partial charge in [0.05, 0.1) is 11.9 Å². The Morgan fingerprint density at radius 2 is 1.81 bits per heavy atom. The van der Waals surface area contributed by atoms with Crippen molar-refractivity contribution in [3.8, 4) is 5.75 Å². The molecule has 1 aliphatic heterocycles. The molecule has 0 saturated carbocycles. The minimum absolute atomic E-state index is 0.141. The normalized spacial score (nSPS) is 17.6. The third-order valence-corrected chi connectivity index (χ3v) is 9.86. The largest absolute Gasteiger partial charge is 0.483 e. The molecule has 4 rings (SSSR count). The van der Waals surface area contributed by atoms with E-state index in [1.807, 2.05) is 83.3 Å². The number of thioether (sulfide) groups is 2. The van der Waals surface area contributed by atoms with Crippen molar-refractivity contribution in [1.82, 2.24) is 25.8 Å². The Morgan fingerprint density at radius 3 is 2.50 bits per heavy atom. The van der Waals surface area contributed by atoms with Crippen LogP contribution < -0.4 is 20.7 Å². The molecule has 4 atom stereocenters. The van der Waals surface area contributed by atoms with E-state index >= 15 is 0 Å². The lowest BCUT2D eigenvalue weighted by Gasteiger charge is -2.35. The monoisotopic (exact) mass is 695 g/mol. The molecule has 1 saturated heterocycles. The maximum atomic E-state index is 14.0. The minimum Gasteiger partial charge on any atom is -0.483 e. The highest BCUT2D eigenvalue weighted by Crippen LogP contribution is 2.40. The lowest BCUT2D eigenvalue weighted by Crippen LogP contribution is -2.61. The molecule has 0 aliphatic carbocycles. The number of ether oxygens (including phenoxy) is 1. The number of aliphatic hydroxyl groups excluding tert-OH is 1. The maximum absolute atomic E-state index is 14.0. The summed E-state index contributed by atoms with van der Waals surface area (Å²) in [5.74, 6) is -1.07. The van der Waals surface area contributed by atoms with Gasteiger partial charge in [0.2, 0.25) is 11.8 Å². The minimum atomic E-state index is -1.66. The smallest absolute Gasteiger partial charge is 0.258 e. The second-order valence-corrected chi connectivity index (χ2v) is 15.8. The molecule has 1 aliphatic rings. The van der Waals surface area contributed by atoms with Crippen LogP contribution in [0.25, 0.3) is 10.8 Å². The zero-order valence-electron chi connectivity index (χ0n) is 28.2. The molecule has 48 heavy (non-hydrogen) atoms. The van der Waals surface area contributed by atoms with Gasteiger partial charge in [0.1, 0.15) is 17.8 Å². The van der Waals surface area contributed by atoms with Gasteiger partial charge in [0.25, 0.3) is 11.8 Å². The number of rotatable bonds is 13. The third-order valence-electron chi connectivity index (χ3n) is 7.82. The summed E-state index contributed by atoms with van der Waals surface area (Å²) in [5.41, 5.74) is 0.267. The number of pyridine rings is 1. The summed E-state index contributed by atoms with van der Waals surface area (Å²) in [7, 11) is 0. The molecule has 1 unspecified atom stereocenters. The van der Waals surface area contributed by atoms with Crippen LogP contribution in [0.15, 0.2) is 67.0 Å². The van der Waals surface area contributed by atoms with E-state index in [0.717, 1.165) is 16.3 Å². The van der Waals surface area contributed by atoms with E-state index in [9.17, 15) is 24.3 Å². The van der Waals surface area contributed by atoms with Crippen LogP contribution in [0.5, 0.6) is 5.75 Å². The average Bonchev–Trinajstić information content (AvgIpc) is 3.36. The highest BCUT2D eigenvalue weighted by molar-refractivity contribution is 8.00. The fourth-order valence-electron chi connectivity index (χ4n) is 5.53. The van der Waals surface area contributed by atoms with Gasteiger partial charge >= 0.3 is 0 Å². The Morgan fingerprint density at radius 1 is 1.08 bits per heavy atom. The van der Waals surface area contributed by atoms with Gasteiger partial charge in [-0.3, -0.25) is 24.2 Å². The summed E-state index contributed by atoms with van der Waals surface area (Å²) in [6.07, 6.45) is 3.63. The summed E-state index contributed by atoms with van der Waals surface area (Å²) in [4.78, 5) is 59.6. The van der Waals surface area contributed by atoms with E-state index in [0.29, 0.717) is 5.75 Å². The molecule has 3 aromatic rings. The molecule has 13 heteroatoms. The zero-order chi connectivity index (χ0) is 35.1. The van der Waals surface area contributed by atoms with Crippen molar-refractivity contribution in [3.05, 3.63) is 72.6 Å². The van der Waals surface area contributed by atoms with Gasteiger partial charge in [-0.15, -0.1) is 11.8 Å². The number of carbonyl (C=O) groups is 4. The fraction of sp³-hybridized carbons (Fsp3) is 0.457. The standard InChI is InChI=1S/C35H45N5O6S2/c1-34(2,3)39-32(44)30-35(4,5)48-21-40(30)33(45)29(42)25(17-22-11-8-7-9-12-22)38-31(43)26(20-47-6)37-28(41)19-46-27-14-10-13-23-18-36-16-15-24(23)27/h7-16,18,25-26,29-30,42H,17,19-21H2,1-6H3,(H,37,41)(H,38,43)(H,39,44)/t25-,26-,29?,30+/m0/s1. The van der Waals surface area contributed by atoms with Crippen LogP contribution in [0.3, 0.4) is 0 Å². The molecular weight excluding hydrogens is 651 g/mol. The zero-order valence-corrected chi connectivity index (χ0v) is 29.8. The van der Waals surface area contributed by atoms with Crippen molar-refractivity contribution in [2.45, 2.75) is 75.6 Å². The highest BCUT2D eigenvalue weighted by Gasteiger charge is 2.50. The van der Waals surface area contributed by atoms with E-state index in [2.05, 4.69) is 20.9 Å². The first kappa shape index (κ1) is 37.0. The van der Waals surface area contributed by atoms with Crippen molar-refractivity contribution in [3.63, 3.8) is 0 Å². The molecule has 4 N–H and O–H groups in total. The van der Waals surface area contributed by atoms with Gasteiger partial charge in [-0.1, -0.05) is 42.5 Å². The number of carbonyl (C=O) groups excluding carboxylic acids is 4. The Kier molecular flexibility index (Phi) is 12.4. The molecule has 1 fully saturated rings. The first-order chi connectivity index (χ1) is 22.7. The summed E-state index contributed by atoms with van der Waals surface area (Å²) in [6, 6.07) is 13.6. The summed E-state index contributed by atoms with van der Waals surface area (Å²) < 4.78 is 5.19. The van der Waals surface area contributed by atoms with Gasteiger partial charge in [-0.2, -0.15) is 11.8 Å². The first-order valence-corrected chi connectivity index (χ1v) is 18.1. The van der Waals surface area contributed by atoms with Crippen molar-refractivity contribution >= 4 is 57.9 Å². The predicted molar refractivity (Wildman–Crippen MR) is 191 cm³/mol. The van der Waals surface area contributed by atoms with Crippen LogP contribution in [0.4, 0.5) is 0 Å². The van der Waals surface area contributed by atoms with Crippen molar-refractivity contribution in [2.75, 3.05) is 24.5 Å². The number of hydrogen-bond acceptors (Lipinski definition) is 9. The number of nitrogens with zero attached hydrogens (tertiary/aromatic N) is 2. The Hall–Kier alpha value is -3.81. The number of benzene rings is 2. The number of aliphatic hydroxyl groups is 1. The Bertz CT molecular complexity index is 1590. The topological polar surface area (TPSA) is 150 Å². The third kappa shape index (κ3) is 9.64. The van der Waals surface area contributed by atoms with Crippen LogP contribution >= 0.6 is 23.5 Å². The van der Waals surface area contributed by atoms with E-state index in [4.69, 9.17) is 4.74 Å². The number of aromatic nitrogens is 1. The number of hydrogen-bond donors (Lipinski definition) is 4. The van der Waals surface area contributed by atoms with E-state index in [-0.39, 0.29) is 30.6 Å². The molecule has 1 aromatic heterocycles. The first-order valence-electron chi connectivity index (χ1n) is 15.7.